The molecular weight excluding hydrogens is 294 g/mol. The van der Waals surface area contributed by atoms with Gasteiger partial charge in [-0.05, 0) is 12.1 Å². The summed E-state index contributed by atoms with van der Waals surface area (Å²) in [5.41, 5.74) is 6.13. The van der Waals surface area contributed by atoms with E-state index in [0.717, 1.165) is 0 Å². The number of hydrogen-bond acceptors (Lipinski definition) is 6. The number of sulfonamides is 1. The van der Waals surface area contributed by atoms with Gasteiger partial charge < -0.3 is 15.0 Å². The lowest BCUT2D eigenvalue weighted by molar-refractivity contribution is 0.416. The Morgan fingerprint density at radius 3 is 2.71 bits per heavy atom. The molecule has 9 heteroatoms. The highest BCUT2D eigenvalue weighted by atomic mass is 32.2. The molecule has 1 aromatic carbocycles. The van der Waals surface area contributed by atoms with Gasteiger partial charge in [0, 0.05) is 13.1 Å². The van der Waals surface area contributed by atoms with Crippen LogP contribution in [0.15, 0.2) is 29.6 Å². The fourth-order valence-corrected chi connectivity index (χ4v) is 3.11. The predicted molar refractivity (Wildman–Crippen MR) is 76.1 cm³/mol. The second kappa shape index (κ2) is 5.34. The average molecular weight is 307 g/mol. The third-order valence-corrected chi connectivity index (χ3v) is 4.23. The lowest BCUT2D eigenvalue weighted by atomic mass is 10.2. The van der Waals surface area contributed by atoms with Crippen molar-refractivity contribution < 1.29 is 13.2 Å². The summed E-state index contributed by atoms with van der Waals surface area (Å²) >= 11 is 0. The standard InChI is InChI=1S/C12H13N5O3S/c1-17-7-15-11(14)12(17)21(18,19)16-9-4-3-8(6-13)5-10(9)20-2/h3-5,7,16H,14H2,1-2H3. The van der Waals surface area contributed by atoms with Crippen molar-refractivity contribution in [3.8, 4) is 11.8 Å². The van der Waals surface area contributed by atoms with Crippen molar-refractivity contribution in [3.63, 3.8) is 0 Å². The van der Waals surface area contributed by atoms with Crippen LogP contribution in [0.5, 0.6) is 5.75 Å². The van der Waals surface area contributed by atoms with Gasteiger partial charge in [-0.2, -0.15) is 13.7 Å². The summed E-state index contributed by atoms with van der Waals surface area (Å²) in [7, 11) is -1.02. The Morgan fingerprint density at radius 2 is 2.19 bits per heavy atom. The largest absolute Gasteiger partial charge is 0.495 e. The highest BCUT2D eigenvalue weighted by Crippen LogP contribution is 2.28. The van der Waals surface area contributed by atoms with Gasteiger partial charge in [0.25, 0.3) is 10.0 Å². The highest BCUT2D eigenvalue weighted by Gasteiger charge is 2.23. The fourth-order valence-electron chi connectivity index (χ4n) is 1.80. The number of ether oxygens (including phenoxy) is 1. The topological polar surface area (TPSA) is 123 Å². The van der Waals surface area contributed by atoms with E-state index in [2.05, 4.69) is 9.71 Å². The number of nitriles is 1. The van der Waals surface area contributed by atoms with E-state index >= 15 is 0 Å². The maximum Gasteiger partial charge on any atom is 0.281 e. The number of rotatable bonds is 4. The zero-order valence-corrected chi connectivity index (χ0v) is 12.2. The third-order valence-electron chi connectivity index (χ3n) is 2.74. The molecule has 0 unspecified atom stereocenters. The molecule has 0 radical (unpaired) electrons. The Bertz CT molecular complexity index is 800. The van der Waals surface area contributed by atoms with Crippen LogP contribution >= 0.6 is 0 Å². The molecule has 110 valence electrons. The van der Waals surface area contributed by atoms with Crippen molar-refractivity contribution >= 4 is 21.5 Å². The summed E-state index contributed by atoms with van der Waals surface area (Å²) in [6.45, 7) is 0. The van der Waals surface area contributed by atoms with Crippen molar-refractivity contribution in [3.05, 3.63) is 30.1 Å². The molecule has 1 heterocycles. The van der Waals surface area contributed by atoms with Crippen LogP contribution in [0.2, 0.25) is 0 Å². The first-order chi connectivity index (χ1) is 9.89. The molecule has 0 spiro atoms. The Balaban J connectivity index is 2.45. The van der Waals surface area contributed by atoms with E-state index in [1.165, 1.54) is 43.3 Å². The molecule has 0 saturated heterocycles. The molecule has 3 N–H and O–H groups in total. The van der Waals surface area contributed by atoms with Gasteiger partial charge in [-0.25, -0.2) is 4.98 Å². The van der Waals surface area contributed by atoms with Crippen LogP contribution < -0.4 is 15.2 Å². The molecule has 0 aliphatic rings. The monoisotopic (exact) mass is 307 g/mol. The molecular formula is C12H13N5O3S. The van der Waals surface area contributed by atoms with Gasteiger partial charge in [-0.3, -0.25) is 4.72 Å². The summed E-state index contributed by atoms with van der Waals surface area (Å²) in [6, 6.07) is 6.31. The lowest BCUT2D eigenvalue weighted by Crippen LogP contribution is -2.18. The number of anilines is 2. The molecule has 0 atom stereocenters. The summed E-state index contributed by atoms with van der Waals surface area (Å²) in [6.07, 6.45) is 1.31. The van der Waals surface area contributed by atoms with Crippen molar-refractivity contribution in [2.75, 3.05) is 17.6 Å². The summed E-state index contributed by atoms with van der Waals surface area (Å²) in [5, 5.41) is 8.69. The number of imidazole rings is 1. The van der Waals surface area contributed by atoms with E-state index in [1.54, 1.807) is 0 Å². The zero-order valence-electron chi connectivity index (χ0n) is 11.4. The molecule has 0 aliphatic carbocycles. The fraction of sp³-hybridized carbons (Fsp3) is 0.167. The minimum absolute atomic E-state index is 0.0994. The zero-order chi connectivity index (χ0) is 15.6. The Morgan fingerprint density at radius 1 is 1.48 bits per heavy atom. The normalized spacial score (nSPS) is 10.9. The number of aromatic nitrogens is 2. The Labute approximate surface area is 121 Å². The van der Waals surface area contributed by atoms with Crippen LogP contribution in [0.4, 0.5) is 11.5 Å². The first kappa shape index (κ1) is 14.7. The molecule has 0 amide bonds. The van der Waals surface area contributed by atoms with E-state index in [-0.39, 0.29) is 22.3 Å². The van der Waals surface area contributed by atoms with E-state index in [0.29, 0.717) is 5.56 Å². The Hall–Kier alpha value is -2.73. The number of benzene rings is 1. The molecule has 21 heavy (non-hydrogen) atoms. The number of nitrogens with zero attached hydrogens (tertiary/aromatic N) is 3. The van der Waals surface area contributed by atoms with Gasteiger partial charge in [0.1, 0.15) is 5.75 Å². The minimum Gasteiger partial charge on any atom is -0.495 e. The number of hydrogen-bond donors (Lipinski definition) is 2. The average Bonchev–Trinajstić information content (AvgIpc) is 2.78. The van der Waals surface area contributed by atoms with E-state index < -0.39 is 10.0 Å². The van der Waals surface area contributed by atoms with Crippen LogP contribution in [-0.4, -0.2) is 25.1 Å². The lowest BCUT2D eigenvalue weighted by Gasteiger charge is -2.12. The van der Waals surface area contributed by atoms with Crippen LogP contribution in [0, 0.1) is 11.3 Å². The molecule has 0 fully saturated rings. The third kappa shape index (κ3) is 2.75. The molecule has 0 saturated carbocycles. The highest BCUT2D eigenvalue weighted by molar-refractivity contribution is 7.92. The van der Waals surface area contributed by atoms with Crippen molar-refractivity contribution in [2.45, 2.75) is 5.03 Å². The quantitative estimate of drug-likeness (QED) is 0.856. The SMILES string of the molecule is COc1cc(C#N)ccc1NS(=O)(=O)c1c(N)ncn1C. The summed E-state index contributed by atoms with van der Waals surface area (Å²) < 4.78 is 33.5. The second-order valence-corrected chi connectivity index (χ2v) is 5.78. The van der Waals surface area contributed by atoms with Crippen molar-refractivity contribution in [1.82, 2.24) is 9.55 Å². The maximum atomic E-state index is 12.4. The number of nitrogens with two attached hydrogens (primary N) is 1. The first-order valence-electron chi connectivity index (χ1n) is 5.77. The van der Waals surface area contributed by atoms with Gasteiger partial charge in [0.2, 0.25) is 0 Å². The molecule has 1 aromatic heterocycles. The van der Waals surface area contributed by atoms with E-state index in [9.17, 15) is 8.42 Å². The van der Waals surface area contributed by atoms with Gasteiger partial charge in [0.15, 0.2) is 10.8 Å². The van der Waals surface area contributed by atoms with Crippen LogP contribution in [0.25, 0.3) is 0 Å². The summed E-state index contributed by atoms with van der Waals surface area (Å²) in [4.78, 5) is 3.74. The van der Waals surface area contributed by atoms with Crippen LogP contribution in [0.3, 0.4) is 0 Å². The molecule has 2 aromatic rings. The number of aryl methyl sites for hydroxylation is 1. The molecule has 8 nitrogen and oxygen atoms in total. The number of methoxy groups -OCH3 is 1. The van der Waals surface area contributed by atoms with Gasteiger partial charge >= 0.3 is 0 Å². The number of nitrogen functional groups attached to an aromatic ring is 1. The van der Waals surface area contributed by atoms with Crippen LogP contribution in [-0.2, 0) is 17.1 Å². The molecule has 0 bridgehead atoms. The van der Waals surface area contributed by atoms with Crippen molar-refractivity contribution in [1.29, 1.82) is 5.26 Å². The maximum absolute atomic E-state index is 12.4. The minimum atomic E-state index is -3.92. The smallest absolute Gasteiger partial charge is 0.281 e. The molecule has 0 aliphatic heterocycles. The molecule has 2 rings (SSSR count). The Kier molecular flexibility index (Phi) is 3.73. The van der Waals surface area contributed by atoms with Gasteiger partial charge in [0.05, 0.1) is 30.8 Å². The van der Waals surface area contributed by atoms with E-state index in [1.807, 2.05) is 6.07 Å². The van der Waals surface area contributed by atoms with Gasteiger partial charge in [-0.15, -0.1) is 0 Å². The number of nitrogens with one attached hydrogen (secondary N) is 1. The van der Waals surface area contributed by atoms with Crippen LogP contribution in [0.1, 0.15) is 5.56 Å². The predicted octanol–water partition coefficient (Wildman–Crippen LogP) is 0.683. The second-order valence-electron chi connectivity index (χ2n) is 4.18. The van der Waals surface area contributed by atoms with Crippen molar-refractivity contribution in [2.24, 2.45) is 7.05 Å². The first-order valence-corrected chi connectivity index (χ1v) is 7.25. The summed E-state index contributed by atoms with van der Waals surface area (Å²) in [5.74, 6) is 0.135. The van der Waals surface area contributed by atoms with E-state index in [4.69, 9.17) is 15.7 Å². The van der Waals surface area contributed by atoms with Gasteiger partial charge in [-0.1, -0.05) is 0 Å².